The van der Waals surface area contributed by atoms with E-state index in [-0.39, 0.29) is 13.0 Å². The molecular formula is C10H16F3NO4S. The molecule has 0 saturated carbocycles. The molecule has 5 nitrogen and oxygen atoms in total. The van der Waals surface area contributed by atoms with Gasteiger partial charge in [-0.25, -0.2) is 13.2 Å². The molecule has 19 heavy (non-hydrogen) atoms. The van der Waals surface area contributed by atoms with Crippen LogP contribution in [0, 0.1) is 0 Å². The molecule has 1 aliphatic rings. The van der Waals surface area contributed by atoms with Crippen molar-refractivity contribution in [2.75, 3.05) is 13.1 Å². The third-order valence-corrected chi connectivity index (χ3v) is 4.47. The zero-order chi connectivity index (χ0) is 15.1. The molecule has 1 fully saturated rings. The fraction of sp³-hybridized carbons (Fsp3) is 0.900. The molecule has 1 atom stereocenters. The number of sulfone groups is 1. The second kappa shape index (κ2) is 4.84. The minimum absolute atomic E-state index is 0.0606. The molecule has 1 amide bonds. The van der Waals surface area contributed by atoms with Gasteiger partial charge in [-0.3, -0.25) is 0 Å². The van der Waals surface area contributed by atoms with E-state index in [2.05, 4.69) is 0 Å². The van der Waals surface area contributed by atoms with Crippen molar-refractivity contribution in [2.45, 2.75) is 43.6 Å². The molecule has 1 saturated heterocycles. The van der Waals surface area contributed by atoms with Gasteiger partial charge in [-0.2, -0.15) is 13.2 Å². The summed E-state index contributed by atoms with van der Waals surface area (Å²) in [5.74, 6) is 0. The number of hydrogen-bond acceptors (Lipinski definition) is 4. The fourth-order valence-electron chi connectivity index (χ4n) is 1.66. The van der Waals surface area contributed by atoms with E-state index in [0.29, 0.717) is 0 Å². The van der Waals surface area contributed by atoms with E-state index in [4.69, 9.17) is 4.74 Å². The summed E-state index contributed by atoms with van der Waals surface area (Å²) in [7, 11) is -5.24. The Bertz CT molecular complexity index is 452. The first-order valence-electron chi connectivity index (χ1n) is 5.63. The molecule has 0 radical (unpaired) electrons. The first-order valence-corrected chi connectivity index (χ1v) is 7.17. The van der Waals surface area contributed by atoms with E-state index in [1.165, 1.54) is 0 Å². The summed E-state index contributed by atoms with van der Waals surface area (Å²) in [6.07, 6.45) is -1.03. The number of amides is 1. The van der Waals surface area contributed by atoms with Crippen LogP contribution in [0.2, 0.25) is 0 Å². The summed E-state index contributed by atoms with van der Waals surface area (Å²) in [5.41, 5.74) is -6.07. The van der Waals surface area contributed by atoms with Crippen molar-refractivity contribution in [1.29, 1.82) is 0 Å². The number of hydrogen-bond donors (Lipinski definition) is 0. The number of carbonyl (C=O) groups excluding carboxylic acids is 1. The summed E-state index contributed by atoms with van der Waals surface area (Å²) in [6, 6.07) is 0. The van der Waals surface area contributed by atoms with Crippen LogP contribution in [0.4, 0.5) is 18.0 Å². The minimum Gasteiger partial charge on any atom is -0.444 e. The van der Waals surface area contributed by atoms with Crippen LogP contribution >= 0.6 is 0 Å². The molecule has 1 rings (SSSR count). The van der Waals surface area contributed by atoms with Crippen molar-refractivity contribution in [3.05, 3.63) is 0 Å². The van der Waals surface area contributed by atoms with E-state index >= 15 is 0 Å². The highest BCUT2D eigenvalue weighted by Crippen LogP contribution is 2.31. The van der Waals surface area contributed by atoms with E-state index in [9.17, 15) is 26.4 Å². The van der Waals surface area contributed by atoms with Gasteiger partial charge in [0.05, 0.1) is 5.25 Å². The molecule has 9 heteroatoms. The third-order valence-electron chi connectivity index (χ3n) is 2.56. The first-order chi connectivity index (χ1) is 8.34. The molecule has 1 aliphatic heterocycles. The van der Waals surface area contributed by atoms with Gasteiger partial charge in [0.2, 0.25) is 0 Å². The number of nitrogens with zero attached hydrogens (tertiary/aromatic N) is 1. The van der Waals surface area contributed by atoms with E-state index in [0.717, 1.165) is 4.90 Å². The SMILES string of the molecule is CC(C)(C)OC(=O)N1CCC(S(=O)(=O)C(F)(F)F)C1. The number of halogens is 3. The van der Waals surface area contributed by atoms with E-state index in [1.54, 1.807) is 20.8 Å². The first kappa shape index (κ1) is 16.1. The fourth-order valence-corrected chi connectivity index (χ4v) is 2.83. The quantitative estimate of drug-likeness (QED) is 0.742. The smallest absolute Gasteiger partial charge is 0.444 e. The molecule has 1 heterocycles. The Morgan fingerprint density at radius 2 is 1.79 bits per heavy atom. The molecule has 0 N–H and O–H groups in total. The van der Waals surface area contributed by atoms with Crippen LogP contribution in [0.25, 0.3) is 0 Å². The predicted octanol–water partition coefficient (Wildman–Crippen LogP) is 1.93. The van der Waals surface area contributed by atoms with Crippen LogP contribution in [-0.2, 0) is 14.6 Å². The van der Waals surface area contributed by atoms with Crippen LogP contribution < -0.4 is 0 Å². The second-order valence-corrected chi connectivity index (χ2v) is 7.55. The zero-order valence-electron chi connectivity index (χ0n) is 10.8. The topological polar surface area (TPSA) is 63.7 Å². The van der Waals surface area contributed by atoms with Gasteiger partial charge < -0.3 is 9.64 Å². The van der Waals surface area contributed by atoms with Crippen molar-refractivity contribution in [3.63, 3.8) is 0 Å². The Balaban J connectivity index is 2.73. The Morgan fingerprint density at radius 1 is 1.26 bits per heavy atom. The Hall–Kier alpha value is -0.990. The molecule has 0 aliphatic carbocycles. The van der Waals surface area contributed by atoms with Crippen molar-refractivity contribution in [1.82, 2.24) is 4.90 Å². The minimum atomic E-state index is -5.29. The number of carbonyl (C=O) groups is 1. The zero-order valence-corrected chi connectivity index (χ0v) is 11.6. The summed E-state index contributed by atoms with van der Waals surface area (Å²) in [6.45, 7) is 4.30. The van der Waals surface area contributed by atoms with Gasteiger partial charge in [0.1, 0.15) is 5.60 Å². The molecule has 1 unspecified atom stereocenters. The second-order valence-electron chi connectivity index (χ2n) is 5.33. The standard InChI is InChI=1S/C10H16F3NO4S/c1-9(2,3)18-8(15)14-5-4-7(6-14)19(16,17)10(11,12)13/h7H,4-6H2,1-3H3. The molecule has 0 spiro atoms. The molecule has 112 valence electrons. The van der Waals surface area contributed by atoms with Gasteiger partial charge in [0, 0.05) is 13.1 Å². The Morgan fingerprint density at radius 3 is 2.21 bits per heavy atom. The molecule has 0 aromatic carbocycles. The highest BCUT2D eigenvalue weighted by molar-refractivity contribution is 7.92. The molecule has 0 aromatic rings. The van der Waals surface area contributed by atoms with Crippen LogP contribution in [0.15, 0.2) is 0 Å². The van der Waals surface area contributed by atoms with E-state index < -0.39 is 38.8 Å². The van der Waals surface area contributed by atoms with Gasteiger partial charge in [-0.1, -0.05) is 0 Å². The summed E-state index contributed by atoms with van der Waals surface area (Å²) in [5, 5.41) is -1.61. The lowest BCUT2D eigenvalue weighted by atomic mass is 10.2. The van der Waals surface area contributed by atoms with Gasteiger partial charge in [-0.05, 0) is 27.2 Å². The lowest BCUT2D eigenvalue weighted by Crippen LogP contribution is -2.39. The van der Waals surface area contributed by atoms with Gasteiger partial charge in [0.25, 0.3) is 9.84 Å². The average molecular weight is 303 g/mol. The van der Waals surface area contributed by atoms with Crippen molar-refractivity contribution in [2.24, 2.45) is 0 Å². The monoisotopic (exact) mass is 303 g/mol. The molecular weight excluding hydrogens is 287 g/mol. The van der Waals surface area contributed by atoms with Crippen LogP contribution in [-0.4, -0.2) is 48.9 Å². The lowest BCUT2D eigenvalue weighted by molar-refractivity contribution is -0.0444. The predicted molar refractivity (Wildman–Crippen MR) is 61.2 cm³/mol. The van der Waals surface area contributed by atoms with Gasteiger partial charge in [-0.15, -0.1) is 0 Å². The summed E-state index contributed by atoms with van der Waals surface area (Å²) >= 11 is 0. The maximum atomic E-state index is 12.4. The third kappa shape index (κ3) is 3.74. The van der Waals surface area contributed by atoms with Crippen molar-refractivity contribution in [3.8, 4) is 0 Å². The maximum absolute atomic E-state index is 12.4. The maximum Gasteiger partial charge on any atom is 0.497 e. The number of alkyl halides is 3. The van der Waals surface area contributed by atoms with Gasteiger partial charge in [0.15, 0.2) is 0 Å². The molecule has 0 bridgehead atoms. The Labute approximate surface area is 109 Å². The van der Waals surface area contributed by atoms with Crippen molar-refractivity contribution >= 4 is 15.9 Å². The summed E-state index contributed by atoms with van der Waals surface area (Å²) < 4.78 is 64.5. The highest BCUT2D eigenvalue weighted by Gasteiger charge is 2.52. The van der Waals surface area contributed by atoms with E-state index in [1.807, 2.05) is 0 Å². The highest BCUT2D eigenvalue weighted by atomic mass is 32.2. The number of ether oxygens (including phenoxy) is 1. The lowest BCUT2D eigenvalue weighted by Gasteiger charge is -2.24. The average Bonchev–Trinajstić information content (AvgIpc) is 2.61. The number of rotatable bonds is 1. The van der Waals surface area contributed by atoms with Crippen LogP contribution in [0.5, 0.6) is 0 Å². The van der Waals surface area contributed by atoms with Gasteiger partial charge >= 0.3 is 11.6 Å². The van der Waals surface area contributed by atoms with Crippen LogP contribution in [0.1, 0.15) is 27.2 Å². The number of likely N-dealkylation sites (tertiary alicyclic amines) is 1. The summed E-state index contributed by atoms with van der Waals surface area (Å²) in [4.78, 5) is 12.6. The van der Waals surface area contributed by atoms with Crippen LogP contribution in [0.3, 0.4) is 0 Å². The normalized spacial score (nSPS) is 21.6. The Kier molecular flexibility index (Phi) is 4.09. The van der Waals surface area contributed by atoms with Crippen molar-refractivity contribution < 1.29 is 31.1 Å². The molecule has 0 aromatic heterocycles. The largest absolute Gasteiger partial charge is 0.497 e.